The van der Waals surface area contributed by atoms with E-state index in [-0.39, 0.29) is 5.56 Å². The normalized spacial score (nSPS) is 21.9. The van der Waals surface area contributed by atoms with Crippen LogP contribution in [-0.2, 0) is 11.8 Å². The average Bonchev–Trinajstić information content (AvgIpc) is 2.63. The first kappa shape index (κ1) is 21.0. The van der Waals surface area contributed by atoms with E-state index in [1.165, 1.54) is 32.6 Å². The third kappa shape index (κ3) is 3.99. The van der Waals surface area contributed by atoms with Gasteiger partial charge in [0, 0.05) is 0 Å². The maximum absolute atomic E-state index is 14.2. The van der Waals surface area contributed by atoms with Crippen LogP contribution in [0.3, 0.4) is 0 Å². The Kier molecular flexibility index (Phi) is 5.67. The van der Waals surface area contributed by atoms with Gasteiger partial charge in [-0.05, 0) is 61.1 Å². The average molecular weight is 389 g/mol. The molecule has 28 heavy (non-hydrogen) atoms. The second-order valence-corrected chi connectivity index (χ2v) is 9.32. The molecular weight excluding hydrogens is 357 g/mol. The third-order valence-corrected chi connectivity index (χ3v) is 6.94. The summed E-state index contributed by atoms with van der Waals surface area (Å²) in [7, 11) is 0. The van der Waals surface area contributed by atoms with Gasteiger partial charge in [0.15, 0.2) is 0 Å². The van der Waals surface area contributed by atoms with Gasteiger partial charge in [0.05, 0.1) is 0 Å². The molecule has 0 amide bonds. The molecule has 2 unspecified atom stereocenters. The van der Waals surface area contributed by atoms with Gasteiger partial charge in [0.2, 0.25) is 0 Å². The molecule has 0 heterocycles. The van der Waals surface area contributed by atoms with Gasteiger partial charge >= 0.3 is 6.18 Å². The number of aryl methyl sites for hydroxylation is 1. The first-order valence-electron chi connectivity index (χ1n) is 10.3. The Morgan fingerprint density at radius 1 is 0.893 bits per heavy atom. The highest BCUT2D eigenvalue weighted by Gasteiger charge is 2.53. The molecule has 3 heteroatoms. The summed E-state index contributed by atoms with van der Waals surface area (Å²) in [6, 6.07) is 13.9. The molecule has 2 aromatic carbocycles. The zero-order chi connectivity index (χ0) is 20.6. The number of rotatable bonds is 4. The van der Waals surface area contributed by atoms with Gasteiger partial charge in [0.25, 0.3) is 0 Å². The van der Waals surface area contributed by atoms with Gasteiger partial charge in [-0.2, -0.15) is 13.2 Å². The summed E-state index contributed by atoms with van der Waals surface area (Å²) < 4.78 is 42.5. The van der Waals surface area contributed by atoms with Crippen LogP contribution in [0.15, 0.2) is 48.5 Å². The molecule has 0 aromatic heterocycles. The van der Waals surface area contributed by atoms with Crippen molar-refractivity contribution in [2.24, 2.45) is 11.3 Å². The van der Waals surface area contributed by atoms with E-state index in [1.54, 1.807) is 36.4 Å². The molecule has 3 rings (SSSR count). The predicted octanol–water partition coefficient (Wildman–Crippen LogP) is 7.62. The fourth-order valence-electron chi connectivity index (χ4n) is 4.58. The van der Waals surface area contributed by atoms with Gasteiger partial charge in [-0.1, -0.05) is 80.8 Å². The van der Waals surface area contributed by atoms with Crippen LogP contribution >= 0.6 is 0 Å². The topological polar surface area (TPSA) is 0 Å². The SMILES string of the molecule is Cc1ccc(C(C)(c2ccc(CC3CCCCC3(C)C)cc2)C(F)(F)F)cc1. The molecule has 152 valence electrons. The summed E-state index contributed by atoms with van der Waals surface area (Å²) >= 11 is 0. The first-order chi connectivity index (χ1) is 13.0. The molecule has 0 N–H and O–H groups in total. The third-order valence-electron chi connectivity index (χ3n) is 6.94. The Hall–Kier alpha value is -1.77. The summed E-state index contributed by atoms with van der Waals surface area (Å²) in [6.45, 7) is 7.82. The lowest BCUT2D eigenvalue weighted by Crippen LogP contribution is -2.40. The van der Waals surface area contributed by atoms with Gasteiger partial charge < -0.3 is 0 Å². The minimum atomic E-state index is -4.37. The van der Waals surface area contributed by atoms with E-state index in [0.717, 1.165) is 17.5 Å². The summed E-state index contributed by atoms with van der Waals surface area (Å²) in [5.74, 6) is 0.596. The molecular formula is C25H31F3. The fourth-order valence-corrected chi connectivity index (χ4v) is 4.58. The lowest BCUT2D eigenvalue weighted by atomic mass is 9.66. The van der Waals surface area contributed by atoms with Crippen molar-refractivity contribution in [1.29, 1.82) is 0 Å². The largest absolute Gasteiger partial charge is 0.402 e. The van der Waals surface area contributed by atoms with Gasteiger partial charge in [-0.25, -0.2) is 0 Å². The minimum Gasteiger partial charge on any atom is -0.170 e. The standard InChI is InChI=1S/C25H31F3/c1-18-8-12-20(13-9-18)24(4,25(26,27)28)21-14-10-19(11-15-21)17-22-7-5-6-16-23(22,2)3/h8-15,22H,5-7,16-17H2,1-4H3. The van der Waals surface area contributed by atoms with Gasteiger partial charge in [0.1, 0.15) is 5.41 Å². The highest BCUT2D eigenvalue weighted by atomic mass is 19.4. The molecule has 1 fully saturated rings. The summed E-state index contributed by atoms with van der Waals surface area (Å²) in [5.41, 5.74) is 0.973. The first-order valence-corrected chi connectivity index (χ1v) is 10.3. The maximum Gasteiger partial charge on any atom is 0.402 e. The Balaban J connectivity index is 1.90. The quantitative estimate of drug-likeness (QED) is 0.505. The van der Waals surface area contributed by atoms with E-state index in [9.17, 15) is 13.2 Å². The molecule has 2 atom stereocenters. The van der Waals surface area contributed by atoms with Crippen LogP contribution in [0.1, 0.15) is 68.7 Å². The Labute approximate surface area is 167 Å². The summed E-state index contributed by atoms with van der Waals surface area (Å²) in [4.78, 5) is 0. The van der Waals surface area contributed by atoms with E-state index in [0.29, 0.717) is 16.9 Å². The highest BCUT2D eigenvalue weighted by molar-refractivity contribution is 5.42. The van der Waals surface area contributed by atoms with Crippen LogP contribution < -0.4 is 0 Å². The van der Waals surface area contributed by atoms with Crippen molar-refractivity contribution < 1.29 is 13.2 Å². The minimum absolute atomic E-state index is 0.284. The molecule has 0 saturated heterocycles. The zero-order valence-electron chi connectivity index (χ0n) is 17.4. The molecule has 2 aromatic rings. The van der Waals surface area contributed by atoms with E-state index in [2.05, 4.69) is 13.8 Å². The second kappa shape index (κ2) is 7.57. The monoisotopic (exact) mass is 388 g/mol. The Morgan fingerprint density at radius 2 is 1.43 bits per heavy atom. The van der Waals surface area contributed by atoms with Crippen molar-refractivity contribution in [1.82, 2.24) is 0 Å². The Morgan fingerprint density at radius 3 is 1.93 bits per heavy atom. The van der Waals surface area contributed by atoms with Crippen LogP contribution in [0.25, 0.3) is 0 Å². The molecule has 0 radical (unpaired) electrons. The maximum atomic E-state index is 14.2. The van der Waals surface area contributed by atoms with Crippen molar-refractivity contribution in [2.45, 2.75) is 71.4 Å². The van der Waals surface area contributed by atoms with Crippen LogP contribution in [-0.4, -0.2) is 6.18 Å². The van der Waals surface area contributed by atoms with Gasteiger partial charge in [-0.3, -0.25) is 0 Å². The fraction of sp³-hybridized carbons (Fsp3) is 0.520. The van der Waals surface area contributed by atoms with E-state index < -0.39 is 11.6 Å². The van der Waals surface area contributed by atoms with Crippen molar-refractivity contribution in [2.75, 3.05) is 0 Å². The van der Waals surface area contributed by atoms with Crippen molar-refractivity contribution in [3.05, 3.63) is 70.8 Å². The highest BCUT2D eigenvalue weighted by Crippen LogP contribution is 2.46. The zero-order valence-corrected chi connectivity index (χ0v) is 17.4. The number of halogens is 3. The van der Waals surface area contributed by atoms with Crippen LogP contribution in [0.5, 0.6) is 0 Å². The second-order valence-electron chi connectivity index (χ2n) is 9.32. The van der Waals surface area contributed by atoms with Crippen LogP contribution in [0.2, 0.25) is 0 Å². The summed E-state index contributed by atoms with van der Waals surface area (Å²) in [6.07, 6.45) is 1.55. The van der Waals surface area contributed by atoms with Gasteiger partial charge in [-0.15, -0.1) is 0 Å². The number of hydrogen-bond acceptors (Lipinski definition) is 0. The van der Waals surface area contributed by atoms with Crippen molar-refractivity contribution in [3.63, 3.8) is 0 Å². The molecule has 0 nitrogen and oxygen atoms in total. The molecule has 1 aliphatic rings. The van der Waals surface area contributed by atoms with E-state index in [4.69, 9.17) is 0 Å². The summed E-state index contributed by atoms with van der Waals surface area (Å²) in [5, 5.41) is 0. The van der Waals surface area contributed by atoms with Crippen LogP contribution in [0, 0.1) is 18.3 Å². The number of benzene rings is 2. The van der Waals surface area contributed by atoms with Crippen molar-refractivity contribution >= 4 is 0 Å². The number of hydrogen-bond donors (Lipinski definition) is 0. The predicted molar refractivity (Wildman–Crippen MR) is 110 cm³/mol. The van der Waals surface area contributed by atoms with E-state index >= 15 is 0 Å². The lowest BCUT2D eigenvalue weighted by molar-refractivity contribution is -0.173. The van der Waals surface area contributed by atoms with E-state index in [1.807, 2.05) is 19.1 Å². The van der Waals surface area contributed by atoms with Crippen LogP contribution in [0.4, 0.5) is 13.2 Å². The molecule has 0 bridgehead atoms. The lowest BCUT2D eigenvalue weighted by Gasteiger charge is -2.39. The molecule has 1 saturated carbocycles. The molecule has 1 aliphatic carbocycles. The molecule has 0 spiro atoms. The Bertz CT molecular complexity index is 784. The smallest absolute Gasteiger partial charge is 0.170 e. The molecule has 0 aliphatic heterocycles. The number of alkyl halides is 3. The van der Waals surface area contributed by atoms with Crippen molar-refractivity contribution in [3.8, 4) is 0 Å².